The average Bonchev–Trinajstić information content (AvgIpc) is 3.86. The number of carbonyl (C=O) groups is 3. The van der Waals surface area contributed by atoms with Crippen LogP contribution in [0.3, 0.4) is 0 Å². The number of hydrogen-bond donors (Lipinski definition) is 5. The largest absolute Gasteiger partial charge is 0.484 e. The number of halogens is 1. The van der Waals surface area contributed by atoms with E-state index in [0.29, 0.717) is 24.6 Å². The van der Waals surface area contributed by atoms with Gasteiger partial charge in [-0.25, -0.2) is 19.9 Å². The Balaban J connectivity index is 1.01. The Labute approximate surface area is 354 Å². The standard InChI is InChI=1S/C42H53ClN12O5/c1-53-19-17-46-34(53)24-48-36(56)27-59-32-13-9-29(10-14-32)6-3-21-55(23-5-8-31(26-55)50-42(58)38-40(44)52-41(45)39(43)51-38)22-4-7-30-11-15-33(16-12-30)60-28-37(57)49-25-35-47-18-20-54(35)2/h9-20,31H,3-8,21-28H2,1-2H3,(H6-,44,45,48,49,50,52,56,57,58)/p+1. The number of aromatic nitrogens is 6. The van der Waals surface area contributed by atoms with Crippen molar-refractivity contribution in [2.75, 3.05) is 50.9 Å². The van der Waals surface area contributed by atoms with E-state index in [1.165, 1.54) is 11.1 Å². The van der Waals surface area contributed by atoms with Gasteiger partial charge >= 0.3 is 0 Å². The molecule has 0 bridgehead atoms. The minimum Gasteiger partial charge on any atom is -0.484 e. The van der Waals surface area contributed by atoms with Crippen LogP contribution in [-0.4, -0.2) is 96.7 Å². The number of benzene rings is 2. The number of piperidine rings is 1. The van der Waals surface area contributed by atoms with Crippen LogP contribution in [0.4, 0.5) is 11.6 Å². The zero-order valence-electron chi connectivity index (χ0n) is 34.1. The van der Waals surface area contributed by atoms with Crippen LogP contribution < -0.4 is 36.9 Å². The fraction of sp³-hybridized carbons (Fsp3) is 0.405. The van der Waals surface area contributed by atoms with Crippen LogP contribution >= 0.6 is 11.6 Å². The lowest BCUT2D eigenvalue weighted by molar-refractivity contribution is -0.933. The predicted octanol–water partition coefficient (Wildman–Crippen LogP) is 3.13. The number of likely N-dealkylation sites (tertiary alicyclic amines) is 1. The third-order valence-electron chi connectivity index (χ3n) is 10.8. The molecular formula is C42H54ClN12O5+. The topological polar surface area (TPSA) is 219 Å². The molecule has 1 aliphatic rings. The number of carbonyl (C=O) groups excluding carboxylic acids is 3. The normalized spacial score (nSPS) is 14.6. The zero-order valence-corrected chi connectivity index (χ0v) is 34.9. The molecule has 3 amide bonds. The molecule has 1 unspecified atom stereocenters. The number of nitrogens with one attached hydrogen (secondary N) is 3. The summed E-state index contributed by atoms with van der Waals surface area (Å²) in [5.74, 6) is 1.82. The average molecular weight is 842 g/mol. The van der Waals surface area contributed by atoms with Crippen molar-refractivity contribution in [1.29, 1.82) is 0 Å². The maximum absolute atomic E-state index is 13.3. The first kappa shape index (κ1) is 43.4. The number of nitrogen functional groups attached to an aromatic ring is 2. The van der Waals surface area contributed by atoms with Gasteiger partial charge in [0.15, 0.2) is 35.7 Å². The van der Waals surface area contributed by atoms with Crippen molar-refractivity contribution in [3.63, 3.8) is 0 Å². The van der Waals surface area contributed by atoms with Crippen LogP contribution in [0.15, 0.2) is 73.3 Å². The van der Waals surface area contributed by atoms with Crippen molar-refractivity contribution in [2.24, 2.45) is 14.1 Å². The predicted molar refractivity (Wildman–Crippen MR) is 227 cm³/mol. The number of ether oxygens (including phenoxy) is 2. The smallest absolute Gasteiger partial charge is 0.274 e. The molecule has 5 aromatic rings. The molecule has 0 radical (unpaired) electrons. The number of amides is 3. The van der Waals surface area contributed by atoms with Gasteiger partial charge in [-0.2, -0.15) is 0 Å². The second-order valence-electron chi connectivity index (χ2n) is 15.2. The van der Waals surface area contributed by atoms with Crippen LogP contribution in [0.25, 0.3) is 0 Å². The molecule has 18 heteroatoms. The Hall–Kier alpha value is -6.20. The van der Waals surface area contributed by atoms with E-state index in [1.807, 2.05) is 84.2 Å². The van der Waals surface area contributed by atoms with Crippen LogP contribution in [0.5, 0.6) is 11.5 Å². The Kier molecular flexibility index (Phi) is 14.9. The fourth-order valence-corrected chi connectivity index (χ4v) is 7.58. The molecule has 1 aliphatic heterocycles. The van der Waals surface area contributed by atoms with Gasteiger partial charge in [0, 0.05) is 51.7 Å². The Morgan fingerprint density at radius 1 is 0.783 bits per heavy atom. The quantitative estimate of drug-likeness (QED) is 0.0717. The molecule has 3 aromatic heterocycles. The highest BCUT2D eigenvalue weighted by Gasteiger charge is 2.35. The summed E-state index contributed by atoms with van der Waals surface area (Å²) in [5.41, 5.74) is 14.0. The number of hydrogen-bond acceptors (Lipinski definition) is 11. The molecular weight excluding hydrogens is 788 g/mol. The first-order valence-electron chi connectivity index (χ1n) is 20.1. The highest BCUT2D eigenvalue weighted by molar-refractivity contribution is 6.31. The van der Waals surface area contributed by atoms with Gasteiger partial charge < -0.3 is 50.5 Å². The first-order chi connectivity index (χ1) is 28.9. The van der Waals surface area contributed by atoms with Gasteiger partial charge in [-0.3, -0.25) is 14.4 Å². The summed E-state index contributed by atoms with van der Waals surface area (Å²) in [6.45, 7) is 4.08. The SMILES string of the molecule is Cn1ccnc1CNC(=O)COc1ccc(CCC[N+]2(CCCc3ccc(OCC(=O)NCc4nccn4C)cc3)CCCC(NC(=O)c3nc(Cl)c(N)nc3N)C2)cc1. The number of anilines is 2. The van der Waals surface area contributed by atoms with Gasteiger partial charge in [0.25, 0.3) is 17.7 Å². The molecule has 1 atom stereocenters. The summed E-state index contributed by atoms with van der Waals surface area (Å²) < 4.78 is 16.0. The molecule has 1 fully saturated rings. The highest BCUT2D eigenvalue weighted by Crippen LogP contribution is 2.25. The van der Waals surface area contributed by atoms with Gasteiger partial charge in [0.05, 0.1) is 45.3 Å². The third-order valence-corrected chi connectivity index (χ3v) is 11.0. The third kappa shape index (κ3) is 12.4. The second-order valence-corrected chi connectivity index (χ2v) is 15.5. The minimum absolute atomic E-state index is 0.0249. The first-order valence-corrected chi connectivity index (χ1v) is 20.5. The molecule has 0 aliphatic carbocycles. The van der Waals surface area contributed by atoms with E-state index in [-0.39, 0.29) is 53.6 Å². The number of quaternary nitrogens is 1. The Morgan fingerprint density at radius 3 is 1.78 bits per heavy atom. The lowest BCUT2D eigenvalue weighted by atomic mass is 9.99. The van der Waals surface area contributed by atoms with E-state index in [4.69, 9.17) is 32.5 Å². The lowest BCUT2D eigenvalue weighted by Crippen LogP contribution is -2.60. The summed E-state index contributed by atoms with van der Waals surface area (Å²) in [7, 11) is 3.76. The van der Waals surface area contributed by atoms with Crippen molar-refractivity contribution in [1.82, 2.24) is 45.0 Å². The van der Waals surface area contributed by atoms with Crippen molar-refractivity contribution in [2.45, 2.75) is 57.7 Å². The van der Waals surface area contributed by atoms with E-state index in [2.05, 4.69) is 35.9 Å². The van der Waals surface area contributed by atoms with E-state index in [0.717, 1.165) is 80.8 Å². The van der Waals surface area contributed by atoms with Gasteiger partial charge in [-0.05, 0) is 61.1 Å². The molecule has 6 rings (SSSR count). The van der Waals surface area contributed by atoms with Crippen molar-refractivity contribution in [3.05, 3.63) is 107 Å². The molecule has 0 saturated carbocycles. The molecule has 60 heavy (non-hydrogen) atoms. The monoisotopic (exact) mass is 841 g/mol. The summed E-state index contributed by atoms with van der Waals surface area (Å²) in [5, 5.41) is 8.74. The van der Waals surface area contributed by atoms with Gasteiger partial charge in [-0.15, -0.1) is 0 Å². The maximum Gasteiger partial charge on any atom is 0.274 e. The Bertz CT molecular complexity index is 2100. The van der Waals surface area contributed by atoms with Crippen LogP contribution in [0.2, 0.25) is 5.15 Å². The van der Waals surface area contributed by atoms with Gasteiger partial charge in [0.2, 0.25) is 0 Å². The second kappa shape index (κ2) is 20.7. The van der Waals surface area contributed by atoms with Crippen molar-refractivity contribution in [3.8, 4) is 11.5 Å². The van der Waals surface area contributed by atoms with Crippen molar-refractivity contribution >= 4 is 41.0 Å². The number of nitrogens with zero attached hydrogens (tertiary/aromatic N) is 7. The Morgan fingerprint density at radius 2 is 1.30 bits per heavy atom. The van der Waals surface area contributed by atoms with E-state index < -0.39 is 5.91 Å². The lowest BCUT2D eigenvalue weighted by Gasteiger charge is -2.45. The van der Waals surface area contributed by atoms with E-state index >= 15 is 0 Å². The zero-order chi connectivity index (χ0) is 42.5. The molecule has 7 N–H and O–H groups in total. The number of rotatable bonds is 20. The van der Waals surface area contributed by atoms with Crippen molar-refractivity contribution < 1.29 is 28.3 Å². The van der Waals surface area contributed by atoms with Gasteiger partial charge in [0.1, 0.15) is 23.1 Å². The summed E-state index contributed by atoms with van der Waals surface area (Å²) in [6, 6.07) is 15.6. The van der Waals surface area contributed by atoms with Crippen LogP contribution in [0.1, 0.15) is 58.9 Å². The van der Waals surface area contributed by atoms with E-state index in [9.17, 15) is 14.4 Å². The molecule has 0 spiro atoms. The van der Waals surface area contributed by atoms with E-state index in [1.54, 1.807) is 12.4 Å². The van der Waals surface area contributed by atoms with Crippen LogP contribution in [-0.2, 0) is 49.6 Å². The summed E-state index contributed by atoms with van der Waals surface area (Å²) >= 11 is 6.08. The maximum atomic E-state index is 13.3. The molecule has 2 aromatic carbocycles. The van der Waals surface area contributed by atoms with Crippen LogP contribution in [0, 0.1) is 0 Å². The molecule has 318 valence electrons. The number of imidazole rings is 2. The minimum atomic E-state index is -0.423. The number of aryl methyl sites for hydroxylation is 4. The molecule has 17 nitrogen and oxygen atoms in total. The summed E-state index contributed by atoms with van der Waals surface area (Å²) in [6.07, 6.45) is 12.4. The summed E-state index contributed by atoms with van der Waals surface area (Å²) in [4.78, 5) is 54.5. The molecule has 4 heterocycles. The molecule has 1 saturated heterocycles. The van der Waals surface area contributed by atoms with Gasteiger partial charge in [-0.1, -0.05) is 35.9 Å². The fourth-order valence-electron chi connectivity index (χ4n) is 7.45. The highest BCUT2D eigenvalue weighted by atomic mass is 35.5. The number of nitrogens with two attached hydrogens (primary N) is 2.